The number of hydrogen-bond acceptors (Lipinski definition) is 4. The predicted molar refractivity (Wildman–Crippen MR) is 110 cm³/mol. The van der Waals surface area contributed by atoms with Gasteiger partial charge in [-0.3, -0.25) is 14.8 Å². The molecule has 0 saturated carbocycles. The van der Waals surface area contributed by atoms with Gasteiger partial charge in [-0.2, -0.15) is 5.10 Å². The van der Waals surface area contributed by atoms with Gasteiger partial charge in [-0.1, -0.05) is 30.7 Å². The van der Waals surface area contributed by atoms with Gasteiger partial charge in [-0.15, -0.1) is 0 Å². The molecule has 0 aliphatic heterocycles. The van der Waals surface area contributed by atoms with Crippen LogP contribution in [-0.2, 0) is 20.1 Å². The Morgan fingerprint density at radius 3 is 2.50 bits per heavy atom. The van der Waals surface area contributed by atoms with Gasteiger partial charge in [-0.05, 0) is 50.1 Å². The van der Waals surface area contributed by atoms with E-state index in [-0.39, 0.29) is 17.2 Å². The summed E-state index contributed by atoms with van der Waals surface area (Å²) in [5.74, 6) is 0.680. The minimum atomic E-state index is -0.332. The lowest BCUT2D eigenvalue weighted by molar-refractivity contribution is -0.386. The molecule has 0 aliphatic carbocycles. The summed E-state index contributed by atoms with van der Waals surface area (Å²) in [6.45, 7) is 5.92. The Labute approximate surface area is 168 Å². The molecule has 28 heavy (non-hydrogen) atoms. The summed E-state index contributed by atoms with van der Waals surface area (Å²) in [4.78, 5) is 11.1. The summed E-state index contributed by atoms with van der Waals surface area (Å²) in [5, 5.41) is 16.5. The Morgan fingerprint density at radius 2 is 1.93 bits per heavy atom. The van der Waals surface area contributed by atoms with Crippen LogP contribution >= 0.6 is 11.6 Å². The van der Waals surface area contributed by atoms with Crippen molar-refractivity contribution in [3.05, 3.63) is 73.9 Å². The number of ether oxygens (including phenoxy) is 1. The van der Waals surface area contributed by atoms with Crippen LogP contribution in [-0.4, -0.2) is 14.7 Å². The van der Waals surface area contributed by atoms with E-state index >= 15 is 0 Å². The predicted octanol–water partition coefficient (Wildman–Crippen LogP) is 5.41. The third-order valence-corrected chi connectivity index (χ3v) is 5.33. The maximum absolute atomic E-state index is 11.5. The molecule has 0 atom stereocenters. The fraction of sp³-hybridized carbons (Fsp3) is 0.286. The number of aryl methyl sites for hydroxylation is 3. The summed E-state index contributed by atoms with van der Waals surface area (Å²) >= 11 is 6.22. The maximum Gasteiger partial charge on any atom is 0.279 e. The molecule has 146 valence electrons. The van der Waals surface area contributed by atoms with Gasteiger partial charge in [-0.25, -0.2) is 0 Å². The van der Waals surface area contributed by atoms with Crippen LogP contribution in [0.3, 0.4) is 0 Å². The molecule has 0 unspecified atom stereocenters. The number of rotatable bonds is 6. The summed E-state index contributed by atoms with van der Waals surface area (Å²) in [5.41, 5.74) is 5.04. The highest BCUT2D eigenvalue weighted by Gasteiger charge is 2.19. The number of nitrogens with zero attached hydrogens (tertiary/aromatic N) is 3. The molecule has 1 heterocycles. The van der Waals surface area contributed by atoms with Crippen molar-refractivity contribution >= 4 is 17.3 Å². The molecule has 0 radical (unpaired) electrons. The molecule has 0 saturated heterocycles. The zero-order valence-electron chi connectivity index (χ0n) is 16.3. The Kier molecular flexibility index (Phi) is 5.70. The summed E-state index contributed by atoms with van der Waals surface area (Å²) in [7, 11) is 1.81. The number of para-hydroxylation sites is 1. The molecule has 0 aliphatic rings. The standard InChI is InChI=1S/C21H22ClN3O3/c1-5-15-7-6-8-17(20(15)25(26)27)12-28-18-10-9-16(11-13(18)2)19-14(3)21(22)24(4)23-19/h6-11H,5,12H2,1-4H3. The van der Waals surface area contributed by atoms with Crippen LogP contribution in [0.5, 0.6) is 5.75 Å². The lowest BCUT2D eigenvalue weighted by Gasteiger charge is -2.12. The van der Waals surface area contributed by atoms with Crippen LogP contribution in [0.2, 0.25) is 5.15 Å². The molecule has 7 heteroatoms. The Hall–Kier alpha value is -2.86. The monoisotopic (exact) mass is 399 g/mol. The van der Waals surface area contributed by atoms with E-state index in [0.717, 1.165) is 22.4 Å². The average Bonchev–Trinajstić information content (AvgIpc) is 2.93. The lowest BCUT2D eigenvalue weighted by Crippen LogP contribution is -2.04. The highest BCUT2D eigenvalue weighted by molar-refractivity contribution is 6.30. The van der Waals surface area contributed by atoms with E-state index in [9.17, 15) is 10.1 Å². The highest BCUT2D eigenvalue weighted by atomic mass is 35.5. The van der Waals surface area contributed by atoms with Gasteiger partial charge in [0.25, 0.3) is 5.69 Å². The Balaban J connectivity index is 1.85. The van der Waals surface area contributed by atoms with Crippen LogP contribution in [0, 0.1) is 24.0 Å². The first kappa shape index (κ1) is 19.9. The molecule has 2 aromatic carbocycles. The summed E-state index contributed by atoms with van der Waals surface area (Å²) in [6.07, 6.45) is 0.601. The van der Waals surface area contributed by atoms with Crippen LogP contribution in [0.4, 0.5) is 5.69 Å². The number of benzene rings is 2. The van der Waals surface area contributed by atoms with E-state index in [1.54, 1.807) is 23.9 Å². The number of hydrogen-bond donors (Lipinski definition) is 0. The van der Waals surface area contributed by atoms with Crippen LogP contribution in [0.25, 0.3) is 11.3 Å². The molecule has 0 spiro atoms. The van der Waals surface area contributed by atoms with Gasteiger partial charge in [0.05, 0.1) is 16.2 Å². The molecule has 3 rings (SSSR count). The van der Waals surface area contributed by atoms with Gasteiger partial charge < -0.3 is 4.74 Å². The van der Waals surface area contributed by atoms with Crippen LogP contribution in [0.1, 0.15) is 29.2 Å². The fourth-order valence-corrected chi connectivity index (χ4v) is 3.41. The summed E-state index contributed by atoms with van der Waals surface area (Å²) in [6, 6.07) is 11.1. The molecular formula is C21H22ClN3O3. The smallest absolute Gasteiger partial charge is 0.279 e. The van der Waals surface area contributed by atoms with E-state index < -0.39 is 0 Å². The van der Waals surface area contributed by atoms with Gasteiger partial charge in [0.1, 0.15) is 17.5 Å². The third kappa shape index (κ3) is 3.73. The highest BCUT2D eigenvalue weighted by Crippen LogP contribution is 2.31. The first-order valence-corrected chi connectivity index (χ1v) is 9.39. The molecular weight excluding hydrogens is 378 g/mol. The maximum atomic E-state index is 11.5. The number of nitro benzene ring substituents is 1. The third-order valence-electron chi connectivity index (χ3n) is 4.80. The van der Waals surface area contributed by atoms with E-state index in [1.165, 1.54) is 0 Å². The van der Waals surface area contributed by atoms with E-state index in [0.29, 0.717) is 28.5 Å². The van der Waals surface area contributed by atoms with E-state index in [4.69, 9.17) is 16.3 Å². The van der Waals surface area contributed by atoms with Crippen LogP contribution in [0.15, 0.2) is 36.4 Å². The fourth-order valence-electron chi connectivity index (χ4n) is 3.28. The van der Waals surface area contributed by atoms with Crippen molar-refractivity contribution in [1.29, 1.82) is 0 Å². The molecule has 0 N–H and O–H groups in total. The second kappa shape index (κ2) is 8.02. The topological polar surface area (TPSA) is 70.2 Å². The van der Waals surface area contributed by atoms with Crippen molar-refractivity contribution in [2.75, 3.05) is 0 Å². The zero-order valence-corrected chi connectivity index (χ0v) is 17.1. The largest absolute Gasteiger partial charge is 0.488 e. The van der Waals surface area contributed by atoms with Gasteiger partial charge in [0, 0.05) is 23.7 Å². The number of nitro groups is 1. The van der Waals surface area contributed by atoms with Crippen molar-refractivity contribution in [2.45, 2.75) is 33.8 Å². The second-order valence-electron chi connectivity index (χ2n) is 6.69. The SMILES string of the molecule is CCc1cccc(COc2ccc(-c3nn(C)c(Cl)c3C)cc2C)c1[N+](=O)[O-]. The van der Waals surface area contributed by atoms with Crippen LogP contribution < -0.4 is 4.74 Å². The van der Waals surface area contributed by atoms with E-state index in [2.05, 4.69) is 5.10 Å². The lowest BCUT2D eigenvalue weighted by atomic mass is 10.0. The second-order valence-corrected chi connectivity index (χ2v) is 7.05. The van der Waals surface area contributed by atoms with Gasteiger partial charge in [0.2, 0.25) is 0 Å². The van der Waals surface area contributed by atoms with Crippen molar-refractivity contribution in [3.8, 4) is 17.0 Å². The minimum Gasteiger partial charge on any atom is -0.488 e. The Bertz CT molecular complexity index is 1040. The minimum absolute atomic E-state index is 0.137. The van der Waals surface area contributed by atoms with Crippen molar-refractivity contribution in [2.24, 2.45) is 7.05 Å². The molecule has 0 amide bonds. The van der Waals surface area contributed by atoms with Gasteiger partial charge in [0.15, 0.2) is 0 Å². The molecule has 0 bridgehead atoms. The van der Waals surface area contributed by atoms with Crippen molar-refractivity contribution < 1.29 is 9.66 Å². The van der Waals surface area contributed by atoms with Gasteiger partial charge >= 0.3 is 0 Å². The van der Waals surface area contributed by atoms with Crippen molar-refractivity contribution in [1.82, 2.24) is 9.78 Å². The molecule has 6 nitrogen and oxygen atoms in total. The quantitative estimate of drug-likeness (QED) is 0.410. The van der Waals surface area contributed by atoms with E-state index in [1.807, 2.05) is 45.0 Å². The number of aromatic nitrogens is 2. The normalized spacial score (nSPS) is 10.9. The molecule has 0 fully saturated rings. The van der Waals surface area contributed by atoms with Crippen molar-refractivity contribution in [3.63, 3.8) is 0 Å². The molecule has 3 aromatic rings. The Morgan fingerprint density at radius 1 is 1.21 bits per heavy atom. The first-order valence-electron chi connectivity index (χ1n) is 9.01. The zero-order chi connectivity index (χ0) is 20.4. The number of halogens is 1. The first-order chi connectivity index (χ1) is 13.3. The summed E-state index contributed by atoms with van der Waals surface area (Å²) < 4.78 is 7.55. The molecule has 1 aromatic heterocycles. The average molecular weight is 400 g/mol.